The molecule has 0 amide bonds. The Hall–Kier alpha value is -0.700. The summed E-state index contributed by atoms with van der Waals surface area (Å²) in [6.45, 7) is 0.565. The van der Waals surface area contributed by atoms with Gasteiger partial charge in [-0.2, -0.15) is 8.78 Å². The Bertz CT molecular complexity index is 401. The molecule has 0 aliphatic carbocycles. The molecule has 1 rings (SSSR count). The number of hydrogen-bond donors (Lipinski definition) is 2. The minimum absolute atomic E-state index is 0.155. The third kappa shape index (κ3) is 5.35. The van der Waals surface area contributed by atoms with Gasteiger partial charge in [-0.1, -0.05) is 6.92 Å². The quantitative estimate of drug-likeness (QED) is 0.418. The first-order chi connectivity index (χ1) is 9.39. The summed E-state index contributed by atoms with van der Waals surface area (Å²) in [7, 11) is 0. The van der Waals surface area contributed by atoms with Crippen molar-refractivity contribution in [3.8, 4) is 0 Å². The SMILES string of the molecule is CCc1ccc(CC(COCC(F)(F)C(F)F)NN)s1. The van der Waals surface area contributed by atoms with Gasteiger partial charge >= 0.3 is 12.3 Å². The van der Waals surface area contributed by atoms with Gasteiger partial charge in [-0.25, -0.2) is 8.78 Å². The van der Waals surface area contributed by atoms with E-state index in [0.29, 0.717) is 6.42 Å². The van der Waals surface area contributed by atoms with Crippen LogP contribution in [0.15, 0.2) is 12.1 Å². The lowest BCUT2D eigenvalue weighted by atomic mass is 10.2. The molecule has 20 heavy (non-hydrogen) atoms. The zero-order chi connectivity index (χ0) is 15.2. The molecule has 1 atom stereocenters. The van der Waals surface area contributed by atoms with Crippen molar-refractivity contribution in [2.24, 2.45) is 5.84 Å². The third-order valence-electron chi connectivity index (χ3n) is 2.68. The van der Waals surface area contributed by atoms with E-state index < -0.39 is 25.0 Å². The number of nitrogens with one attached hydrogen (secondary N) is 1. The summed E-state index contributed by atoms with van der Waals surface area (Å²) in [4.78, 5) is 2.25. The van der Waals surface area contributed by atoms with Gasteiger partial charge in [-0.3, -0.25) is 11.3 Å². The lowest BCUT2D eigenvalue weighted by Crippen LogP contribution is -2.42. The maximum Gasteiger partial charge on any atom is 0.330 e. The summed E-state index contributed by atoms with van der Waals surface area (Å²) < 4.78 is 53.8. The maximum atomic E-state index is 12.7. The van der Waals surface area contributed by atoms with Crippen LogP contribution in [0, 0.1) is 0 Å². The lowest BCUT2D eigenvalue weighted by molar-refractivity contribution is -0.167. The van der Waals surface area contributed by atoms with Crippen molar-refractivity contribution in [2.75, 3.05) is 13.2 Å². The zero-order valence-corrected chi connectivity index (χ0v) is 11.9. The molecule has 3 nitrogen and oxygen atoms in total. The minimum Gasteiger partial charge on any atom is -0.373 e. The van der Waals surface area contributed by atoms with E-state index in [2.05, 4.69) is 10.2 Å². The van der Waals surface area contributed by atoms with Crippen LogP contribution in [-0.2, 0) is 17.6 Å². The lowest BCUT2D eigenvalue weighted by Gasteiger charge is -2.19. The highest BCUT2D eigenvalue weighted by molar-refractivity contribution is 7.11. The Labute approximate surface area is 119 Å². The van der Waals surface area contributed by atoms with Crippen LogP contribution in [0.4, 0.5) is 17.6 Å². The molecule has 0 radical (unpaired) electrons. The van der Waals surface area contributed by atoms with Gasteiger partial charge < -0.3 is 4.74 Å². The van der Waals surface area contributed by atoms with Crippen molar-refractivity contribution in [1.29, 1.82) is 0 Å². The molecule has 116 valence electrons. The average Bonchev–Trinajstić information content (AvgIpc) is 2.84. The summed E-state index contributed by atoms with van der Waals surface area (Å²) in [5.74, 6) is 1.18. The third-order valence-corrected chi connectivity index (χ3v) is 3.93. The molecule has 1 heterocycles. The minimum atomic E-state index is -4.13. The van der Waals surface area contributed by atoms with Gasteiger partial charge in [-0.15, -0.1) is 11.3 Å². The van der Waals surface area contributed by atoms with Crippen molar-refractivity contribution >= 4 is 11.3 Å². The summed E-state index contributed by atoms with van der Waals surface area (Å²) in [6, 6.07) is 3.52. The van der Waals surface area contributed by atoms with Crippen molar-refractivity contribution in [2.45, 2.75) is 38.2 Å². The molecule has 0 spiro atoms. The molecule has 1 aromatic rings. The van der Waals surface area contributed by atoms with Crippen molar-refractivity contribution in [3.63, 3.8) is 0 Å². The largest absolute Gasteiger partial charge is 0.373 e. The fourth-order valence-electron chi connectivity index (χ4n) is 1.53. The average molecular weight is 314 g/mol. The standard InChI is InChI=1S/C12H18F4N2OS/c1-2-9-3-4-10(20-9)5-8(18-17)6-19-7-12(15,16)11(13)14/h3-4,8,11,18H,2,5-7,17H2,1H3. The molecule has 0 aliphatic rings. The molecular formula is C12H18F4N2OS. The van der Waals surface area contributed by atoms with Crippen LogP contribution in [0.2, 0.25) is 0 Å². The van der Waals surface area contributed by atoms with Crippen LogP contribution in [0.5, 0.6) is 0 Å². The van der Waals surface area contributed by atoms with Gasteiger partial charge in [0.1, 0.15) is 6.61 Å². The molecule has 0 aliphatic heterocycles. The van der Waals surface area contributed by atoms with E-state index in [1.165, 1.54) is 4.88 Å². The number of ether oxygens (including phenoxy) is 1. The zero-order valence-electron chi connectivity index (χ0n) is 11.0. The predicted octanol–water partition coefficient (Wildman–Crippen LogP) is 2.60. The van der Waals surface area contributed by atoms with Crippen LogP contribution in [0.25, 0.3) is 0 Å². The van der Waals surface area contributed by atoms with Crippen LogP contribution >= 0.6 is 11.3 Å². The monoisotopic (exact) mass is 314 g/mol. The van der Waals surface area contributed by atoms with Crippen LogP contribution < -0.4 is 11.3 Å². The van der Waals surface area contributed by atoms with Crippen molar-refractivity contribution in [3.05, 3.63) is 21.9 Å². The predicted molar refractivity (Wildman–Crippen MR) is 70.3 cm³/mol. The highest BCUT2D eigenvalue weighted by Gasteiger charge is 2.41. The molecule has 0 saturated heterocycles. The Kier molecular flexibility index (Phi) is 6.87. The van der Waals surface area contributed by atoms with Crippen molar-refractivity contribution in [1.82, 2.24) is 5.43 Å². The number of thiophene rings is 1. The molecule has 0 saturated carbocycles. The van der Waals surface area contributed by atoms with Crippen molar-refractivity contribution < 1.29 is 22.3 Å². The van der Waals surface area contributed by atoms with Gasteiger partial charge in [-0.05, 0) is 18.6 Å². The van der Waals surface area contributed by atoms with Gasteiger partial charge in [0, 0.05) is 22.2 Å². The first-order valence-corrected chi connectivity index (χ1v) is 6.98. The van der Waals surface area contributed by atoms with Gasteiger partial charge in [0.15, 0.2) is 0 Å². The number of rotatable bonds is 9. The Morgan fingerprint density at radius 1 is 1.35 bits per heavy atom. The smallest absolute Gasteiger partial charge is 0.330 e. The number of alkyl halides is 4. The van der Waals surface area contributed by atoms with Crippen LogP contribution in [0.1, 0.15) is 16.7 Å². The molecular weight excluding hydrogens is 296 g/mol. The van der Waals surface area contributed by atoms with Gasteiger partial charge in [0.25, 0.3) is 0 Å². The Morgan fingerprint density at radius 3 is 2.50 bits per heavy atom. The van der Waals surface area contributed by atoms with Crippen LogP contribution in [0.3, 0.4) is 0 Å². The molecule has 1 aromatic heterocycles. The van der Waals surface area contributed by atoms with E-state index in [1.54, 1.807) is 11.3 Å². The molecule has 0 aromatic carbocycles. The second-order valence-electron chi connectivity index (χ2n) is 4.37. The fourth-order valence-corrected chi connectivity index (χ4v) is 2.57. The highest BCUT2D eigenvalue weighted by Crippen LogP contribution is 2.23. The van der Waals surface area contributed by atoms with Gasteiger partial charge in [0.2, 0.25) is 0 Å². The molecule has 3 N–H and O–H groups in total. The van der Waals surface area contributed by atoms with E-state index in [-0.39, 0.29) is 6.61 Å². The number of hydrazine groups is 1. The number of hydrogen-bond acceptors (Lipinski definition) is 4. The fraction of sp³-hybridized carbons (Fsp3) is 0.667. The highest BCUT2D eigenvalue weighted by atomic mass is 32.1. The maximum absolute atomic E-state index is 12.7. The van der Waals surface area contributed by atoms with E-state index in [9.17, 15) is 17.6 Å². The molecule has 1 unspecified atom stereocenters. The summed E-state index contributed by atoms with van der Waals surface area (Å²) in [5, 5.41) is 0. The molecule has 8 heteroatoms. The summed E-state index contributed by atoms with van der Waals surface area (Å²) in [6.07, 6.45) is -2.31. The molecule has 0 bridgehead atoms. The number of aryl methyl sites for hydroxylation is 1. The topological polar surface area (TPSA) is 47.3 Å². The van der Waals surface area contributed by atoms with Gasteiger partial charge in [0.05, 0.1) is 6.61 Å². The normalized spacial score (nSPS) is 13.9. The second kappa shape index (κ2) is 7.92. The van der Waals surface area contributed by atoms with E-state index in [1.807, 2.05) is 19.1 Å². The number of nitrogens with two attached hydrogens (primary N) is 1. The Balaban J connectivity index is 2.40. The number of halogens is 4. The first-order valence-electron chi connectivity index (χ1n) is 6.16. The molecule has 0 fully saturated rings. The first kappa shape index (κ1) is 17.4. The second-order valence-corrected chi connectivity index (χ2v) is 5.62. The van der Waals surface area contributed by atoms with Crippen LogP contribution in [-0.4, -0.2) is 31.6 Å². The van der Waals surface area contributed by atoms with E-state index in [4.69, 9.17) is 5.84 Å². The van der Waals surface area contributed by atoms with E-state index >= 15 is 0 Å². The summed E-state index contributed by atoms with van der Waals surface area (Å²) in [5.41, 5.74) is 2.44. The Morgan fingerprint density at radius 2 is 2.00 bits per heavy atom. The summed E-state index contributed by atoms with van der Waals surface area (Å²) >= 11 is 1.60. The van der Waals surface area contributed by atoms with E-state index in [0.717, 1.165) is 11.3 Å².